The molecule has 0 fully saturated rings. The first-order chi connectivity index (χ1) is 16.6. The van der Waals surface area contributed by atoms with Crippen LogP contribution in [0.1, 0.15) is 22.3 Å². The number of terminal acetylenes is 2. The topological polar surface area (TPSA) is 0 Å². The molecule has 164 valence electrons. The molecule has 0 atom stereocenters. The van der Waals surface area contributed by atoms with E-state index in [1.165, 1.54) is 16.9 Å². The van der Waals surface area contributed by atoms with Crippen LogP contribution in [0.25, 0.3) is 0 Å². The van der Waals surface area contributed by atoms with E-state index in [9.17, 15) is 0 Å². The lowest BCUT2D eigenvalue weighted by Gasteiger charge is -2.01. The quantitative estimate of drug-likeness (QED) is 0.347. The van der Waals surface area contributed by atoms with E-state index < -0.39 is 0 Å². The fraction of sp³-hybridized carbons (Fsp3) is 0.0714. The van der Waals surface area contributed by atoms with E-state index >= 15 is 0 Å². The third-order valence-electron chi connectivity index (χ3n) is 4.41. The second kappa shape index (κ2) is 12.1. The van der Waals surface area contributed by atoms with Crippen molar-refractivity contribution in [2.24, 2.45) is 0 Å². The van der Waals surface area contributed by atoms with Gasteiger partial charge >= 0.3 is 0 Å². The second-order valence-corrected chi connectivity index (χ2v) is 13.3. The molecule has 0 amide bonds. The maximum atomic E-state index is 5.44. The summed E-state index contributed by atoms with van der Waals surface area (Å²) in [7, 11) is 0. The van der Waals surface area contributed by atoms with Crippen molar-refractivity contribution < 1.29 is 0 Å². The summed E-state index contributed by atoms with van der Waals surface area (Å²) in [5.41, 5.74) is 3.65. The van der Waals surface area contributed by atoms with Crippen LogP contribution in [0.2, 0.25) is 0 Å². The van der Waals surface area contributed by atoms with Gasteiger partial charge in [-0.05, 0) is 61.0 Å². The molecule has 0 bridgehead atoms. The number of rotatable bonds is 2. The Bertz CT molecular complexity index is 1310. The lowest BCUT2D eigenvalue weighted by atomic mass is 10.1. The van der Waals surface area contributed by atoms with Gasteiger partial charge in [-0.3, -0.25) is 0 Å². The standard InChI is InChI=1S/C28H16S6/c1-5-19-7-11-21(12-8-19)15-17-23-25(29-3)33-27(31-23)28-32-24(26(30-4)34-28)18-16-22-13-9-20(6-2)10-14-22/h1-2,7-14H,3-4H3/b28-27+. The smallest absolute Gasteiger partial charge is 0.0834 e. The lowest BCUT2D eigenvalue weighted by Crippen LogP contribution is -1.77. The van der Waals surface area contributed by atoms with Gasteiger partial charge in [-0.25, -0.2) is 0 Å². The molecule has 2 heterocycles. The molecule has 34 heavy (non-hydrogen) atoms. The minimum atomic E-state index is 0.864. The molecular formula is C28H16S6. The van der Waals surface area contributed by atoms with Crippen LogP contribution in [-0.2, 0) is 0 Å². The molecule has 4 rings (SSSR count). The van der Waals surface area contributed by atoms with Crippen molar-refractivity contribution in [1.29, 1.82) is 0 Å². The zero-order chi connectivity index (χ0) is 23.9. The molecule has 2 aromatic carbocycles. The molecule has 0 spiro atoms. The van der Waals surface area contributed by atoms with Gasteiger partial charge in [-0.1, -0.05) is 82.6 Å². The van der Waals surface area contributed by atoms with Crippen molar-refractivity contribution in [3.63, 3.8) is 0 Å². The summed E-state index contributed by atoms with van der Waals surface area (Å²) < 4.78 is 5.02. The molecule has 0 saturated heterocycles. The highest BCUT2D eigenvalue weighted by molar-refractivity contribution is 8.40. The molecule has 0 nitrogen and oxygen atoms in total. The van der Waals surface area contributed by atoms with Gasteiger partial charge in [0.25, 0.3) is 0 Å². The summed E-state index contributed by atoms with van der Waals surface area (Å²) in [6.45, 7) is 0. The molecule has 0 radical (unpaired) electrons. The molecule has 2 aliphatic rings. The Labute approximate surface area is 227 Å². The fourth-order valence-corrected chi connectivity index (χ4v) is 9.96. The zero-order valence-electron chi connectivity index (χ0n) is 18.2. The van der Waals surface area contributed by atoms with Crippen molar-refractivity contribution in [3.05, 3.63) is 97.5 Å². The number of hydrogen-bond donors (Lipinski definition) is 0. The van der Waals surface area contributed by atoms with Gasteiger partial charge in [0.1, 0.15) is 0 Å². The normalized spacial score (nSPS) is 16.9. The Hall–Kier alpha value is -2.00. The first-order valence-corrected chi connectivity index (χ1v) is 15.5. The van der Waals surface area contributed by atoms with Crippen LogP contribution in [0.4, 0.5) is 0 Å². The molecule has 0 aromatic heterocycles. The van der Waals surface area contributed by atoms with Gasteiger partial charge < -0.3 is 0 Å². The Morgan fingerprint density at radius 1 is 0.529 bits per heavy atom. The fourth-order valence-electron chi connectivity index (χ4n) is 2.72. The van der Waals surface area contributed by atoms with Crippen LogP contribution in [-0.4, -0.2) is 12.5 Å². The predicted octanol–water partition coefficient (Wildman–Crippen LogP) is 8.20. The Morgan fingerprint density at radius 2 is 0.882 bits per heavy atom. The average Bonchev–Trinajstić information content (AvgIpc) is 3.50. The summed E-state index contributed by atoms with van der Waals surface area (Å²) >= 11 is 10.6. The first kappa shape index (κ1) is 25.1. The second-order valence-electron chi connectivity index (χ2n) is 6.57. The minimum absolute atomic E-state index is 0.864. The summed E-state index contributed by atoms with van der Waals surface area (Å²) in [6, 6.07) is 15.6. The third-order valence-corrected chi connectivity index (χ3v) is 12.5. The summed E-state index contributed by atoms with van der Waals surface area (Å²) in [5, 5.41) is 0. The van der Waals surface area contributed by atoms with E-state index in [1.54, 1.807) is 70.6 Å². The SMILES string of the molecule is C#Cc1ccc(C#CC2=C(SC)S/C(=C3\SC(C#Cc4ccc(C#C)cc4)=C(SC)S3)S2)cc1. The van der Waals surface area contributed by atoms with E-state index in [1.807, 2.05) is 48.5 Å². The predicted molar refractivity (Wildman–Crippen MR) is 161 cm³/mol. The number of hydrogen-bond acceptors (Lipinski definition) is 6. The van der Waals surface area contributed by atoms with Crippen molar-refractivity contribution in [3.8, 4) is 48.4 Å². The highest BCUT2D eigenvalue weighted by Gasteiger charge is 2.28. The molecular weight excluding hydrogens is 529 g/mol. The largest absolute Gasteiger partial charge is 0.121 e. The van der Waals surface area contributed by atoms with E-state index in [2.05, 4.69) is 48.0 Å². The summed E-state index contributed by atoms with van der Waals surface area (Å²) in [6.07, 6.45) is 15.1. The van der Waals surface area contributed by atoms with Crippen LogP contribution in [0, 0.1) is 48.4 Å². The molecule has 0 saturated carbocycles. The molecule has 2 aromatic rings. The molecule has 0 unspecified atom stereocenters. The molecule has 2 aliphatic heterocycles. The van der Waals surface area contributed by atoms with Gasteiger partial charge in [0, 0.05) is 22.3 Å². The van der Waals surface area contributed by atoms with E-state index in [-0.39, 0.29) is 0 Å². The van der Waals surface area contributed by atoms with Crippen LogP contribution in [0.5, 0.6) is 0 Å². The van der Waals surface area contributed by atoms with E-state index in [0.717, 1.165) is 32.1 Å². The summed E-state index contributed by atoms with van der Waals surface area (Å²) in [4.78, 5) is 2.20. The van der Waals surface area contributed by atoms with Gasteiger partial charge in [0.05, 0.1) is 26.8 Å². The number of allylic oxidation sites excluding steroid dienone is 2. The van der Waals surface area contributed by atoms with Crippen molar-refractivity contribution in [2.45, 2.75) is 0 Å². The van der Waals surface area contributed by atoms with Crippen LogP contribution >= 0.6 is 70.6 Å². The highest BCUT2D eigenvalue weighted by Crippen LogP contribution is 2.62. The maximum absolute atomic E-state index is 5.44. The molecule has 6 heteroatoms. The van der Waals surface area contributed by atoms with E-state index in [0.29, 0.717) is 0 Å². The Kier molecular flexibility index (Phi) is 8.94. The number of thioether (sulfide) groups is 6. The van der Waals surface area contributed by atoms with Gasteiger partial charge in [0.2, 0.25) is 0 Å². The van der Waals surface area contributed by atoms with Gasteiger partial charge in [-0.15, -0.1) is 36.4 Å². The van der Waals surface area contributed by atoms with Crippen LogP contribution in [0.15, 0.2) is 75.3 Å². The highest BCUT2D eigenvalue weighted by atomic mass is 32.2. The van der Waals surface area contributed by atoms with Crippen LogP contribution < -0.4 is 0 Å². The average molecular weight is 545 g/mol. The summed E-state index contributed by atoms with van der Waals surface area (Å²) in [5.74, 6) is 18.6. The van der Waals surface area contributed by atoms with Crippen molar-refractivity contribution >= 4 is 70.6 Å². The Morgan fingerprint density at radius 3 is 1.21 bits per heavy atom. The lowest BCUT2D eigenvalue weighted by molar-refractivity contribution is 1.60. The van der Waals surface area contributed by atoms with Crippen molar-refractivity contribution in [2.75, 3.05) is 12.5 Å². The third kappa shape index (κ3) is 6.16. The Balaban J connectivity index is 1.51. The first-order valence-electron chi connectivity index (χ1n) is 9.83. The van der Waals surface area contributed by atoms with Gasteiger partial charge in [0.15, 0.2) is 0 Å². The van der Waals surface area contributed by atoms with Crippen molar-refractivity contribution in [1.82, 2.24) is 0 Å². The molecule has 0 aliphatic carbocycles. The monoisotopic (exact) mass is 544 g/mol. The number of benzene rings is 2. The van der Waals surface area contributed by atoms with E-state index in [4.69, 9.17) is 12.8 Å². The zero-order valence-corrected chi connectivity index (χ0v) is 23.1. The van der Waals surface area contributed by atoms with Crippen LogP contribution in [0.3, 0.4) is 0 Å². The maximum Gasteiger partial charge on any atom is 0.0834 e. The minimum Gasteiger partial charge on any atom is -0.121 e. The molecule has 0 N–H and O–H groups in total. The van der Waals surface area contributed by atoms with Gasteiger partial charge in [-0.2, -0.15) is 0 Å².